The number of rotatable bonds is 6. The van der Waals surface area contributed by atoms with Gasteiger partial charge in [0.25, 0.3) is 0 Å². The molecule has 0 aliphatic carbocycles. The van der Waals surface area contributed by atoms with Crippen molar-refractivity contribution < 1.29 is 4.74 Å². The zero-order valence-electron chi connectivity index (χ0n) is 11.8. The number of methoxy groups -OCH3 is 1. The quantitative estimate of drug-likeness (QED) is 0.810. The van der Waals surface area contributed by atoms with E-state index in [2.05, 4.69) is 28.8 Å². The van der Waals surface area contributed by atoms with Crippen molar-refractivity contribution in [1.82, 2.24) is 19.5 Å². The first-order valence-electron chi connectivity index (χ1n) is 6.71. The van der Waals surface area contributed by atoms with Crippen molar-refractivity contribution in [2.24, 2.45) is 0 Å². The van der Waals surface area contributed by atoms with Gasteiger partial charge in [-0.05, 0) is 13.3 Å². The summed E-state index contributed by atoms with van der Waals surface area (Å²) in [7, 11) is 1.57. The molecule has 2 aromatic rings. The van der Waals surface area contributed by atoms with Gasteiger partial charge in [-0.15, -0.1) is 0 Å². The summed E-state index contributed by atoms with van der Waals surface area (Å²) in [5.41, 5.74) is 7.38. The molecule has 2 N–H and O–H groups in total. The lowest BCUT2D eigenvalue weighted by molar-refractivity contribution is 0.401. The molecule has 1 unspecified atom stereocenters. The van der Waals surface area contributed by atoms with Gasteiger partial charge in [0, 0.05) is 6.04 Å². The third kappa shape index (κ3) is 2.62. The van der Waals surface area contributed by atoms with E-state index < -0.39 is 0 Å². The lowest BCUT2D eigenvalue weighted by atomic mass is 10.1. The highest BCUT2D eigenvalue weighted by molar-refractivity contribution is 5.79. The second kappa shape index (κ2) is 5.86. The van der Waals surface area contributed by atoms with Gasteiger partial charge in [0.1, 0.15) is 6.33 Å². The minimum Gasteiger partial charge on any atom is -0.479 e. The summed E-state index contributed by atoms with van der Waals surface area (Å²) in [6.07, 6.45) is 6.17. The summed E-state index contributed by atoms with van der Waals surface area (Å²) in [5.74, 6) is 0.939. The van der Waals surface area contributed by atoms with Gasteiger partial charge < -0.3 is 10.5 Å². The summed E-state index contributed by atoms with van der Waals surface area (Å²) in [5, 5.41) is 0. The van der Waals surface area contributed by atoms with E-state index in [-0.39, 0.29) is 6.04 Å². The maximum Gasteiger partial charge on any atom is 0.245 e. The van der Waals surface area contributed by atoms with Crippen LogP contribution in [0.2, 0.25) is 0 Å². The van der Waals surface area contributed by atoms with E-state index in [1.54, 1.807) is 7.11 Å². The summed E-state index contributed by atoms with van der Waals surface area (Å²) >= 11 is 0. The molecule has 0 aliphatic heterocycles. The second-order valence-corrected chi connectivity index (χ2v) is 4.74. The summed E-state index contributed by atoms with van der Waals surface area (Å²) < 4.78 is 7.16. The first-order valence-corrected chi connectivity index (χ1v) is 6.71. The van der Waals surface area contributed by atoms with Crippen molar-refractivity contribution in [2.45, 2.75) is 45.6 Å². The fraction of sp³-hybridized carbons (Fsp3) is 0.615. The Kier molecular flexibility index (Phi) is 4.19. The molecule has 19 heavy (non-hydrogen) atoms. The van der Waals surface area contributed by atoms with Gasteiger partial charge in [-0.2, -0.15) is 4.98 Å². The molecule has 2 rings (SSSR count). The van der Waals surface area contributed by atoms with Crippen molar-refractivity contribution in [2.75, 3.05) is 12.8 Å². The molecule has 1 atom stereocenters. The SMILES string of the molecule is CCCCCC(C)n1c(N)nc2c(OC)ncnc21. The van der Waals surface area contributed by atoms with Crippen LogP contribution in [0.4, 0.5) is 5.95 Å². The minimum absolute atomic E-state index is 0.274. The summed E-state index contributed by atoms with van der Waals surface area (Å²) in [6.45, 7) is 4.34. The van der Waals surface area contributed by atoms with Gasteiger partial charge in [-0.25, -0.2) is 9.97 Å². The zero-order valence-corrected chi connectivity index (χ0v) is 11.8. The van der Waals surface area contributed by atoms with Crippen LogP contribution < -0.4 is 10.5 Å². The number of imidazole rings is 1. The number of unbranched alkanes of at least 4 members (excludes halogenated alkanes) is 2. The standard InChI is InChI=1S/C13H21N5O/c1-4-5-6-7-9(2)18-11-10(17-13(18)14)12(19-3)16-8-15-11/h8-9H,4-7H2,1-3H3,(H2,14,17). The lowest BCUT2D eigenvalue weighted by Crippen LogP contribution is -2.09. The van der Waals surface area contributed by atoms with Crippen LogP contribution in [0.3, 0.4) is 0 Å². The highest BCUT2D eigenvalue weighted by Gasteiger charge is 2.18. The maximum absolute atomic E-state index is 6.01. The van der Waals surface area contributed by atoms with Gasteiger partial charge in [0.2, 0.25) is 11.8 Å². The van der Waals surface area contributed by atoms with Crippen LogP contribution in [0, 0.1) is 0 Å². The largest absolute Gasteiger partial charge is 0.479 e. The molecule has 0 aliphatic rings. The molecule has 0 saturated carbocycles. The Morgan fingerprint density at radius 1 is 1.37 bits per heavy atom. The van der Waals surface area contributed by atoms with Crippen molar-refractivity contribution in [1.29, 1.82) is 0 Å². The molecule has 2 heterocycles. The topological polar surface area (TPSA) is 78.9 Å². The van der Waals surface area contributed by atoms with E-state index in [4.69, 9.17) is 10.5 Å². The number of nitrogen functional groups attached to an aromatic ring is 1. The average Bonchev–Trinajstić information content (AvgIpc) is 2.74. The van der Waals surface area contributed by atoms with Crippen molar-refractivity contribution in [3.05, 3.63) is 6.33 Å². The van der Waals surface area contributed by atoms with Crippen LogP contribution in [0.25, 0.3) is 11.2 Å². The molecule has 0 fully saturated rings. The van der Waals surface area contributed by atoms with Crippen LogP contribution in [0.15, 0.2) is 6.33 Å². The molecule has 2 aromatic heterocycles. The van der Waals surface area contributed by atoms with E-state index in [9.17, 15) is 0 Å². The maximum atomic E-state index is 6.01. The molecular formula is C13H21N5O. The van der Waals surface area contributed by atoms with Gasteiger partial charge in [-0.3, -0.25) is 4.57 Å². The number of anilines is 1. The Morgan fingerprint density at radius 3 is 2.84 bits per heavy atom. The predicted molar refractivity (Wildman–Crippen MR) is 75.1 cm³/mol. The van der Waals surface area contributed by atoms with Gasteiger partial charge >= 0.3 is 0 Å². The van der Waals surface area contributed by atoms with Crippen LogP contribution >= 0.6 is 0 Å². The molecular weight excluding hydrogens is 242 g/mol. The molecule has 0 bridgehead atoms. The van der Waals surface area contributed by atoms with E-state index in [0.29, 0.717) is 17.3 Å². The molecule has 104 valence electrons. The molecule has 0 amide bonds. The molecule has 0 saturated heterocycles. The Morgan fingerprint density at radius 2 is 2.16 bits per heavy atom. The monoisotopic (exact) mass is 263 g/mol. The van der Waals surface area contributed by atoms with Gasteiger partial charge in [-0.1, -0.05) is 26.2 Å². The molecule has 6 heteroatoms. The van der Waals surface area contributed by atoms with Crippen LogP contribution in [-0.2, 0) is 0 Å². The smallest absolute Gasteiger partial charge is 0.245 e. The van der Waals surface area contributed by atoms with Crippen molar-refractivity contribution in [3.63, 3.8) is 0 Å². The molecule has 0 aromatic carbocycles. The molecule has 6 nitrogen and oxygen atoms in total. The number of aromatic nitrogens is 4. The van der Waals surface area contributed by atoms with E-state index in [0.717, 1.165) is 12.1 Å². The number of nitrogens with two attached hydrogens (primary N) is 1. The fourth-order valence-electron chi connectivity index (χ4n) is 2.31. The first-order chi connectivity index (χ1) is 9.19. The fourth-order valence-corrected chi connectivity index (χ4v) is 2.31. The normalized spacial score (nSPS) is 12.8. The minimum atomic E-state index is 0.274. The van der Waals surface area contributed by atoms with E-state index in [1.807, 2.05) is 4.57 Å². The lowest BCUT2D eigenvalue weighted by Gasteiger charge is -2.15. The number of ether oxygens (including phenoxy) is 1. The molecule has 0 radical (unpaired) electrons. The Labute approximate surface area is 113 Å². The number of nitrogens with zero attached hydrogens (tertiary/aromatic N) is 4. The zero-order chi connectivity index (χ0) is 13.8. The number of fused-ring (bicyclic) bond motifs is 1. The Hall–Kier alpha value is -1.85. The average molecular weight is 263 g/mol. The van der Waals surface area contributed by atoms with Crippen molar-refractivity contribution >= 4 is 17.1 Å². The van der Waals surface area contributed by atoms with Crippen molar-refractivity contribution in [3.8, 4) is 5.88 Å². The van der Waals surface area contributed by atoms with Crippen LogP contribution in [0.1, 0.15) is 45.6 Å². The van der Waals surface area contributed by atoms with Crippen LogP contribution in [-0.4, -0.2) is 26.6 Å². The summed E-state index contributed by atoms with van der Waals surface area (Å²) in [4.78, 5) is 12.7. The molecule has 0 spiro atoms. The third-order valence-electron chi connectivity index (χ3n) is 3.33. The van der Waals surface area contributed by atoms with E-state index in [1.165, 1.54) is 25.6 Å². The highest BCUT2D eigenvalue weighted by Crippen LogP contribution is 2.28. The van der Waals surface area contributed by atoms with Crippen LogP contribution in [0.5, 0.6) is 5.88 Å². The highest BCUT2D eigenvalue weighted by atomic mass is 16.5. The second-order valence-electron chi connectivity index (χ2n) is 4.74. The van der Waals surface area contributed by atoms with Gasteiger partial charge in [0.15, 0.2) is 11.2 Å². The number of hydrogen-bond donors (Lipinski definition) is 1. The summed E-state index contributed by atoms with van der Waals surface area (Å²) in [6, 6.07) is 0.274. The Bertz CT molecular complexity index is 551. The predicted octanol–water partition coefficient (Wildman–Crippen LogP) is 2.56. The third-order valence-corrected chi connectivity index (χ3v) is 3.33. The number of hydrogen-bond acceptors (Lipinski definition) is 5. The Balaban J connectivity index is 2.34. The van der Waals surface area contributed by atoms with E-state index >= 15 is 0 Å². The van der Waals surface area contributed by atoms with Gasteiger partial charge in [0.05, 0.1) is 7.11 Å². The first kappa shape index (κ1) is 13.6.